The Labute approximate surface area is 127 Å². The predicted octanol–water partition coefficient (Wildman–Crippen LogP) is 2.37. The summed E-state index contributed by atoms with van der Waals surface area (Å²) in [5.41, 5.74) is 2.02. The van der Waals surface area contributed by atoms with E-state index in [1.165, 1.54) is 18.6 Å². The van der Waals surface area contributed by atoms with E-state index < -0.39 is 0 Å². The van der Waals surface area contributed by atoms with Crippen LogP contribution >= 0.6 is 0 Å². The minimum atomic E-state index is -0.315. The van der Waals surface area contributed by atoms with Crippen molar-refractivity contribution in [2.45, 2.75) is 13.5 Å². The van der Waals surface area contributed by atoms with Gasteiger partial charge in [-0.05, 0) is 6.92 Å². The van der Waals surface area contributed by atoms with Crippen molar-refractivity contribution in [2.24, 2.45) is 0 Å². The van der Waals surface area contributed by atoms with Crippen LogP contribution in [0.4, 0.5) is 0 Å². The normalized spacial score (nSPS) is 10.4. The standard InChI is InChI=1S/C16H14N4O2/c1-11-15(12-5-3-2-4-6-12)20-14(22-11)10-19-16(21)13-9-17-7-8-18-13/h2-9H,10H2,1H3,(H,19,21). The molecule has 2 heterocycles. The van der Waals surface area contributed by atoms with E-state index in [1.807, 2.05) is 37.3 Å². The molecule has 0 aliphatic heterocycles. The summed E-state index contributed by atoms with van der Waals surface area (Å²) in [6, 6.07) is 9.76. The van der Waals surface area contributed by atoms with Crippen LogP contribution in [0.2, 0.25) is 0 Å². The Balaban J connectivity index is 1.71. The highest BCUT2D eigenvalue weighted by Gasteiger charge is 2.13. The molecule has 110 valence electrons. The molecule has 1 aromatic carbocycles. The first kappa shape index (κ1) is 13.9. The molecule has 2 aromatic heterocycles. The van der Waals surface area contributed by atoms with Gasteiger partial charge in [-0.1, -0.05) is 30.3 Å². The molecule has 0 saturated heterocycles. The van der Waals surface area contributed by atoms with Crippen molar-refractivity contribution in [3.05, 3.63) is 66.3 Å². The molecule has 0 fully saturated rings. The van der Waals surface area contributed by atoms with Crippen LogP contribution in [0.3, 0.4) is 0 Å². The lowest BCUT2D eigenvalue weighted by Crippen LogP contribution is -2.24. The molecule has 0 aliphatic carbocycles. The van der Waals surface area contributed by atoms with Gasteiger partial charge in [-0.15, -0.1) is 0 Å². The molecule has 1 amide bonds. The molecule has 3 aromatic rings. The zero-order chi connectivity index (χ0) is 15.4. The number of carbonyl (C=O) groups excluding carboxylic acids is 1. The Morgan fingerprint density at radius 2 is 2.05 bits per heavy atom. The second-order valence-electron chi connectivity index (χ2n) is 4.65. The third kappa shape index (κ3) is 3.01. The summed E-state index contributed by atoms with van der Waals surface area (Å²) in [5.74, 6) is 0.855. The Morgan fingerprint density at radius 3 is 2.77 bits per heavy atom. The fourth-order valence-electron chi connectivity index (χ4n) is 2.05. The maximum atomic E-state index is 11.9. The molecule has 0 unspecified atom stereocenters. The first-order valence-corrected chi connectivity index (χ1v) is 6.80. The van der Waals surface area contributed by atoms with Gasteiger partial charge in [0.25, 0.3) is 5.91 Å². The monoisotopic (exact) mass is 294 g/mol. The van der Waals surface area contributed by atoms with Gasteiger partial charge >= 0.3 is 0 Å². The van der Waals surface area contributed by atoms with Gasteiger partial charge in [0.2, 0.25) is 5.89 Å². The molecular formula is C16H14N4O2. The van der Waals surface area contributed by atoms with E-state index in [-0.39, 0.29) is 18.1 Å². The number of rotatable bonds is 4. The van der Waals surface area contributed by atoms with Gasteiger partial charge in [-0.3, -0.25) is 9.78 Å². The van der Waals surface area contributed by atoms with Gasteiger partial charge in [0, 0.05) is 18.0 Å². The van der Waals surface area contributed by atoms with Crippen LogP contribution in [-0.2, 0) is 6.54 Å². The zero-order valence-electron chi connectivity index (χ0n) is 12.0. The lowest BCUT2D eigenvalue weighted by Gasteiger charge is -2.00. The first-order valence-electron chi connectivity index (χ1n) is 6.80. The number of carbonyl (C=O) groups is 1. The summed E-state index contributed by atoms with van der Waals surface area (Å²) in [5, 5.41) is 2.71. The topological polar surface area (TPSA) is 80.9 Å². The average Bonchev–Trinajstić information content (AvgIpc) is 2.95. The quantitative estimate of drug-likeness (QED) is 0.799. The molecule has 6 heteroatoms. The van der Waals surface area contributed by atoms with Gasteiger partial charge in [-0.2, -0.15) is 0 Å². The highest BCUT2D eigenvalue weighted by Crippen LogP contribution is 2.22. The third-order valence-electron chi connectivity index (χ3n) is 3.08. The van der Waals surface area contributed by atoms with Gasteiger partial charge in [0.15, 0.2) is 0 Å². The molecule has 1 N–H and O–H groups in total. The van der Waals surface area contributed by atoms with E-state index in [2.05, 4.69) is 20.3 Å². The number of nitrogens with one attached hydrogen (secondary N) is 1. The fraction of sp³-hybridized carbons (Fsp3) is 0.125. The van der Waals surface area contributed by atoms with Crippen molar-refractivity contribution < 1.29 is 9.21 Å². The van der Waals surface area contributed by atoms with Crippen LogP contribution in [0, 0.1) is 6.92 Å². The highest BCUT2D eigenvalue weighted by molar-refractivity contribution is 5.91. The molecule has 0 bridgehead atoms. The largest absolute Gasteiger partial charge is 0.443 e. The van der Waals surface area contributed by atoms with Crippen LogP contribution in [0.5, 0.6) is 0 Å². The van der Waals surface area contributed by atoms with Crippen molar-refractivity contribution in [1.29, 1.82) is 0 Å². The first-order chi connectivity index (χ1) is 10.7. The number of hydrogen-bond acceptors (Lipinski definition) is 5. The Kier molecular flexibility index (Phi) is 3.91. The molecule has 6 nitrogen and oxygen atoms in total. The van der Waals surface area contributed by atoms with E-state index in [4.69, 9.17) is 4.42 Å². The maximum absolute atomic E-state index is 11.9. The van der Waals surface area contributed by atoms with Crippen molar-refractivity contribution in [3.63, 3.8) is 0 Å². The number of nitrogens with zero attached hydrogens (tertiary/aromatic N) is 3. The van der Waals surface area contributed by atoms with Gasteiger partial charge in [0.05, 0.1) is 12.7 Å². The molecule has 0 saturated carbocycles. The average molecular weight is 294 g/mol. The molecule has 3 rings (SSSR count). The Hall–Kier alpha value is -3.02. The highest BCUT2D eigenvalue weighted by atomic mass is 16.4. The number of oxazole rings is 1. The lowest BCUT2D eigenvalue weighted by atomic mass is 10.1. The predicted molar refractivity (Wildman–Crippen MR) is 79.9 cm³/mol. The minimum Gasteiger partial charge on any atom is -0.443 e. The Morgan fingerprint density at radius 1 is 1.23 bits per heavy atom. The van der Waals surface area contributed by atoms with Gasteiger partial charge in [0.1, 0.15) is 17.1 Å². The van der Waals surface area contributed by atoms with Crippen molar-refractivity contribution in [1.82, 2.24) is 20.3 Å². The van der Waals surface area contributed by atoms with Crippen LogP contribution in [0.25, 0.3) is 11.3 Å². The van der Waals surface area contributed by atoms with E-state index in [9.17, 15) is 4.79 Å². The summed E-state index contributed by atoms with van der Waals surface area (Å²) in [4.78, 5) is 24.1. The van der Waals surface area contributed by atoms with Crippen LogP contribution < -0.4 is 5.32 Å². The molecule has 0 aliphatic rings. The molecule has 22 heavy (non-hydrogen) atoms. The lowest BCUT2D eigenvalue weighted by molar-refractivity contribution is 0.0941. The summed E-state index contributed by atoms with van der Waals surface area (Å²) >= 11 is 0. The summed E-state index contributed by atoms with van der Waals surface area (Å²) in [6.45, 7) is 2.05. The summed E-state index contributed by atoms with van der Waals surface area (Å²) in [6.07, 6.45) is 4.39. The SMILES string of the molecule is Cc1oc(CNC(=O)c2cnccn2)nc1-c1ccccc1. The molecule has 0 radical (unpaired) electrons. The number of benzene rings is 1. The van der Waals surface area contributed by atoms with Crippen molar-refractivity contribution in [2.75, 3.05) is 0 Å². The molecule has 0 atom stereocenters. The van der Waals surface area contributed by atoms with Crippen LogP contribution in [0.1, 0.15) is 22.1 Å². The minimum absolute atomic E-state index is 0.198. The van der Waals surface area contributed by atoms with Crippen LogP contribution in [0.15, 0.2) is 53.3 Å². The second kappa shape index (κ2) is 6.17. The smallest absolute Gasteiger partial charge is 0.271 e. The Bertz CT molecular complexity index is 769. The van der Waals surface area contributed by atoms with E-state index in [0.717, 1.165) is 17.0 Å². The second-order valence-corrected chi connectivity index (χ2v) is 4.65. The van der Waals surface area contributed by atoms with E-state index >= 15 is 0 Å². The third-order valence-corrected chi connectivity index (χ3v) is 3.08. The molecular weight excluding hydrogens is 280 g/mol. The van der Waals surface area contributed by atoms with Crippen LogP contribution in [-0.4, -0.2) is 20.9 Å². The summed E-state index contributed by atoms with van der Waals surface area (Å²) in [7, 11) is 0. The number of aryl methyl sites for hydroxylation is 1. The number of aromatic nitrogens is 3. The van der Waals surface area contributed by atoms with Gasteiger partial charge in [-0.25, -0.2) is 9.97 Å². The zero-order valence-corrected chi connectivity index (χ0v) is 12.0. The molecule has 0 spiro atoms. The summed E-state index contributed by atoms with van der Waals surface area (Å²) < 4.78 is 5.59. The van der Waals surface area contributed by atoms with Crippen molar-refractivity contribution >= 4 is 5.91 Å². The maximum Gasteiger partial charge on any atom is 0.271 e. The van der Waals surface area contributed by atoms with E-state index in [1.54, 1.807) is 0 Å². The fourth-order valence-corrected chi connectivity index (χ4v) is 2.05. The van der Waals surface area contributed by atoms with Crippen molar-refractivity contribution in [3.8, 4) is 11.3 Å². The van der Waals surface area contributed by atoms with E-state index in [0.29, 0.717) is 5.89 Å². The number of amides is 1. The van der Waals surface area contributed by atoms with Gasteiger partial charge < -0.3 is 9.73 Å². The number of hydrogen-bond donors (Lipinski definition) is 1.